The molecule has 0 atom stereocenters. The minimum atomic E-state index is -0.402. The van der Waals surface area contributed by atoms with Crippen LogP contribution in [0, 0.1) is 10.1 Å². The Kier molecular flexibility index (Phi) is 2.92. The third kappa shape index (κ3) is 2.06. The summed E-state index contributed by atoms with van der Waals surface area (Å²) in [7, 11) is 0. The first-order chi connectivity index (χ1) is 7.68. The highest BCUT2D eigenvalue weighted by Crippen LogP contribution is 2.26. The van der Waals surface area contributed by atoms with Gasteiger partial charge in [-0.15, -0.1) is 0 Å². The number of rotatable bonds is 2. The van der Waals surface area contributed by atoms with Crippen LogP contribution in [0.15, 0.2) is 48.3 Å². The van der Waals surface area contributed by atoms with E-state index in [1.54, 1.807) is 18.3 Å². The first-order valence-corrected chi connectivity index (χ1v) is 5.10. The van der Waals surface area contributed by atoms with Crippen LogP contribution in [0.25, 0.3) is 0 Å². The van der Waals surface area contributed by atoms with E-state index in [9.17, 15) is 10.1 Å². The van der Waals surface area contributed by atoms with Crippen molar-refractivity contribution >= 4 is 17.3 Å². The highest BCUT2D eigenvalue weighted by Gasteiger charge is 2.14. The summed E-state index contributed by atoms with van der Waals surface area (Å²) in [6.07, 6.45) is 4.69. The first kappa shape index (κ1) is 10.7. The molecule has 0 aliphatic carbocycles. The van der Waals surface area contributed by atoms with Gasteiger partial charge in [-0.2, -0.15) is 0 Å². The molecule has 1 aromatic carbocycles. The van der Waals surface area contributed by atoms with Crippen LogP contribution in [-0.2, 0) is 0 Å². The van der Waals surface area contributed by atoms with E-state index in [2.05, 4.69) is 0 Å². The largest absolute Gasteiger partial charge is 0.342 e. The number of benzene rings is 1. The van der Waals surface area contributed by atoms with E-state index in [1.165, 1.54) is 6.08 Å². The topological polar surface area (TPSA) is 46.4 Å². The number of nitrogens with zero attached hydrogens (tertiary/aromatic N) is 2. The van der Waals surface area contributed by atoms with Gasteiger partial charge in [0.2, 0.25) is 0 Å². The number of halogens is 1. The van der Waals surface area contributed by atoms with Crippen LogP contribution in [0.5, 0.6) is 0 Å². The molecule has 1 heterocycles. The van der Waals surface area contributed by atoms with Crippen LogP contribution in [-0.4, -0.2) is 11.5 Å². The van der Waals surface area contributed by atoms with Crippen molar-refractivity contribution in [3.63, 3.8) is 0 Å². The molecule has 1 aromatic rings. The highest BCUT2D eigenvalue weighted by molar-refractivity contribution is 6.33. The summed E-state index contributed by atoms with van der Waals surface area (Å²) in [6.45, 7) is 0.455. The average Bonchev–Trinajstić information content (AvgIpc) is 2.30. The second-order valence-electron chi connectivity index (χ2n) is 3.31. The summed E-state index contributed by atoms with van der Waals surface area (Å²) in [6, 6.07) is 7.38. The van der Waals surface area contributed by atoms with Gasteiger partial charge in [0.25, 0.3) is 5.70 Å². The molecule has 2 rings (SSSR count). The van der Waals surface area contributed by atoms with E-state index in [-0.39, 0.29) is 5.70 Å². The maximum absolute atomic E-state index is 10.5. The van der Waals surface area contributed by atoms with Gasteiger partial charge in [-0.3, -0.25) is 10.1 Å². The molecule has 0 radical (unpaired) electrons. The predicted molar refractivity (Wildman–Crippen MR) is 63.0 cm³/mol. The Balaban J connectivity index is 2.21. The smallest absolute Gasteiger partial charge is 0.268 e. The van der Waals surface area contributed by atoms with Gasteiger partial charge in [-0.25, -0.2) is 0 Å². The van der Waals surface area contributed by atoms with Crippen LogP contribution in [0.2, 0.25) is 5.02 Å². The number of hydrogen-bond donors (Lipinski definition) is 0. The average molecular weight is 237 g/mol. The summed E-state index contributed by atoms with van der Waals surface area (Å²) >= 11 is 6.03. The molecule has 0 saturated carbocycles. The van der Waals surface area contributed by atoms with Crippen LogP contribution in [0.4, 0.5) is 5.69 Å². The van der Waals surface area contributed by atoms with E-state index in [4.69, 9.17) is 11.6 Å². The summed E-state index contributed by atoms with van der Waals surface area (Å²) in [5.41, 5.74) is 0.961. The van der Waals surface area contributed by atoms with Gasteiger partial charge in [-0.05, 0) is 12.1 Å². The molecule has 4 nitrogen and oxygen atoms in total. The van der Waals surface area contributed by atoms with Crippen LogP contribution in [0.3, 0.4) is 0 Å². The Labute approximate surface area is 97.6 Å². The standard InChI is InChI=1S/C11H9ClN2O2/c12-10-3-1-2-4-11(10)13-7-5-9(6-8-13)14(15)16/h1-7H,8H2. The van der Waals surface area contributed by atoms with Crippen LogP contribution >= 0.6 is 11.6 Å². The number of allylic oxidation sites excluding steroid dienone is 1. The Morgan fingerprint density at radius 1 is 1.38 bits per heavy atom. The fourth-order valence-electron chi connectivity index (χ4n) is 1.49. The molecule has 0 spiro atoms. The molecule has 0 bridgehead atoms. The summed E-state index contributed by atoms with van der Waals surface area (Å²) in [4.78, 5) is 12.0. The number of para-hydroxylation sites is 1. The number of nitro groups is 1. The molecule has 16 heavy (non-hydrogen) atoms. The van der Waals surface area contributed by atoms with Crippen molar-refractivity contribution in [2.45, 2.75) is 0 Å². The molecule has 0 N–H and O–H groups in total. The maximum atomic E-state index is 10.5. The van der Waals surface area contributed by atoms with Crippen molar-refractivity contribution in [2.75, 3.05) is 11.4 Å². The first-order valence-electron chi connectivity index (χ1n) is 4.72. The van der Waals surface area contributed by atoms with E-state index in [0.717, 1.165) is 5.69 Å². The Morgan fingerprint density at radius 3 is 2.69 bits per heavy atom. The zero-order valence-electron chi connectivity index (χ0n) is 8.34. The van der Waals surface area contributed by atoms with Crippen molar-refractivity contribution in [3.05, 3.63) is 63.5 Å². The molecule has 0 saturated heterocycles. The lowest BCUT2D eigenvalue weighted by Gasteiger charge is -2.21. The SMILES string of the molecule is O=[N+]([O-])C1=CCN(c2ccccc2Cl)C=C1. The predicted octanol–water partition coefficient (Wildman–Crippen LogP) is 2.83. The lowest BCUT2D eigenvalue weighted by Crippen LogP contribution is -2.20. The minimum absolute atomic E-state index is 0.114. The molecule has 82 valence electrons. The lowest BCUT2D eigenvalue weighted by atomic mass is 10.2. The summed E-state index contributed by atoms with van der Waals surface area (Å²) < 4.78 is 0. The van der Waals surface area contributed by atoms with Gasteiger partial charge in [0.05, 0.1) is 15.6 Å². The second-order valence-corrected chi connectivity index (χ2v) is 3.71. The Morgan fingerprint density at radius 2 is 2.12 bits per heavy atom. The number of anilines is 1. The van der Waals surface area contributed by atoms with Gasteiger partial charge in [0.15, 0.2) is 0 Å². The summed E-state index contributed by atoms with van der Waals surface area (Å²) in [5.74, 6) is 0. The second kappa shape index (κ2) is 4.37. The highest BCUT2D eigenvalue weighted by atomic mass is 35.5. The maximum Gasteiger partial charge on any atom is 0.268 e. The number of hydrogen-bond acceptors (Lipinski definition) is 3. The van der Waals surface area contributed by atoms with Gasteiger partial charge < -0.3 is 4.90 Å². The monoisotopic (exact) mass is 236 g/mol. The zero-order valence-corrected chi connectivity index (χ0v) is 9.09. The van der Waals surface area contributed by atoms with E-state index < -0.39 is 4.92 Å². The molecular weight excluding hydrogens is 228 g/mol. The quantitative estimate of drug-likeness (QED) is 0.586. The lowest BCUT2D eigenvalue weighted by molar-refractivity contribution is -0.419. The molecule has 1 aliphatic heterocycles. The molecule has 0 unspecified atom stereocenters. The van der Waals surface area contributed by atoms with Crippen molar-refractivity contribution in [3.8, 4) is 0 Å². The van der Waals surface area contributed by atoms with Gasteiger partial charge in [-0.1, -0.05) is 23.7 Å². The third-order valence-electron chi connectivity index (χ3n) is 2.30. The normalized spacial score (nSPS) is 14.8. The fraction of sp³-hybridized carbons (Fsp3) is 0.0909. The van der Waals surface area contributed by atoms with E-state index >= 15 is 0 Å². The minimum Gasteiger partial charge on any atom is -0.342 e. The zero-order chi connectivity index (χ0) is 11.5. The Hall–Kier alpha value is -1.81. The molecule has 0 amide bonds. The van der Waals surface area contributed by atoms with Crippen molar-refractivity contribution < 1.29 is 4.92 Å². The van der Waals surface area contributed by atoms with Crippen molar-refractivity contribution in [2.24, 2.45) is 0 Å². The summed E-state index contributed by atoms with van der Waals surface area (Å²) in [5, 5.41) is 11.1. The van der Waals surface area contributed by atoms with Crippen molar-refractivity contribution in [1.29, 1.82) is 0 Å². The molecule has 0 aromatic heterocycles. The molecule has 0 fully saturated rings. The molecular formula is C11H9ClN2O2. The molecule has 1 aliphatic rings. The van der Waals surface area contributed by atoms with Crippen LogP contribution < -0.4 is 4.90 Å². The fourth-order valence-corrected chi connectivity index (χ4v) is 1.73. The van der Waals surface area contributed by atoms with Crippen LogP contribution in [0.1, 0.15) is 0 Å². The van der Waals surface area contributed by atoms with Crippen molar-refractivity contribution in [1.82, 2.24) is 0 Å². The van der Waals surface area contributed by atoms with E-state index in [0.29, 0.717) is 11.6 Å². The van der Waals surface area contributed by atoms with Gasteiger partial charge in [0, 0.05) is 24.9 Å². The van der Waals surface area contributed by atoms with E-state index in [1.807, 2.05) is 23.1 Å². The molecule has 5 heteroatoms. The Bertz CT molecular complexity index is 483. The van der Waals surface area contributed by atoms with Gasteiger partial charge in [0.1, 0.15) is 0 Å². The third-order valence-corrected chi connectivity index (χ3v) is 2.61. The van der Waals surface area contributed by atoms with Gasteiger partial charge >= 0.3 is 0 Å².